The molecule has 0 amide bonds. The zero-order chi connectivity index (χ0) is 16.8. The van der Waals surface area contributed by atoms with Crippen molar-refractivity contribution < 1.29 is 9.47 Å². The van der Waals surface area contributed by atoms with Crippen LogP contribution in [0.15, 0.2) is 47.6 Å². The molecule has 6 nitrogen and oxygen atoms in total. The third-order valence-electron chi connectivity index (χ3n) is 3.53. The molecule has 6 heteroatoms. The number of hydrogen-bond donors (Lipinski definition) is 2. The lowest BCUT2D eigenvalue weighted by Crippen LogP contribution is -2.37. The van der Waals surface area contributed by atoms with Crippen LogP contribution in [0, 0.1) is 0 Å². The molecule has 1 atom stereocenters. The van der Waals surface area contributed by atoms with E-state index in [2.05, 4.69) is 27.5 Å². The number of guanidine groups is 1. The molecular formula is C18H22N4O2. The van der Waals surface area contributed by atoms with Crippen LogP contribution < -0.4 is 20.1 Å². The van der Waals surface area contributed by atoms with Crippen molar-refractivity contribution in [2.45, 2.75) is 26.4 Å². The number of hydrogen-bond acceptors (Lipinski definition) is 6. The fourth-order valence-electron chi connectivity index (χ4n) is 2.34. The standard InChI is InChI=1S/C18H22N4O2/c1-3-23-15-6-4-5-7-16(15)24-17-9-8-14(11-19-17)12-21-18-20-10-13(2)22-18/h4-9,11,13H,3,10,12H2,1-2H3,(H2,20,21,22). The largest absolute Gasteiger partial charge is 0.490 e. The van der Waals surface area contributed by atoms with Crippen molar-refractivity contribution in [1.82, 2.24) is 15.6 Å². The van der Waals surface area contributed by atoms with Gasteiger partial charge >= 0.3 is 0 Å². The Hall–Kier alpha value is -2.76. The lowest BCUT2D eigenvalue weighted by atomic mass is 10.3. The molecule has 0 radical (unpaired) electrons. The normalized spacial score (nSPS) is 16.2. The predicted molar refractivity (Wildman–Crippen MR) is 93.7 cm³/mol. The van der Waals surface area contributed by atoms with E-state index in [4.69, 9.17) is 9.47 Å². The van der Waals surface area contributed by atoms with Crippen molar-refractivity contribution in [1.29, 1.82) is 0 Å². The number of pyridine rings is 1. The third-order valence-corrected chi connectivity index (χ3v) is 3.53. The number of nitrogens with zero attached hydrogens (tertiary/aromatic N) is 2. The van der Waals surface area contributed by atoms with E-state index < -0.39 is 0 Å². The summed E-state index contributed by atoms with van der Waals surface area (Å²) in [7, 11) is 0. The van der Waals surface area contributed by atoms with Crippen molar-refractivity contribution in [2.24, 2.45) is 4.99 Å². The van der Waals surface area contributed by atoms with Gasteiger partial charge < -0.3 is 20.1 Å². The molecule has 3 rings (SSSR count). The fourth-order valence-corrected chi connectivity index (χ4v) is 2.34. The van der Waals surface area contributed by atoms with Gasteiger partial charge in [-0.2, -0.15) is 0 Å². The Morgan fingerprint density at radius 1 is 1.21 bits per heavy atom. The summed E-state index contributed by atoms with van der Waals surface area (Å²) in [6.07, 6.45) is 1.80. The van der Waals surface area contributed by atoms with Crippen molar-refractivity contribution in [3.63, 3.8) is 0 Å². The van der Waals surface area contributed by atoms with E-state index in [1.54, 1.807) is 6.20 Å². The number of benzene rings is 1. The van der Waals surface area contributed by atoms with Gasteiger partial charge in [-0.05, 0) is 31.5 Å². The molecule has 24 heavy (non-hydrogen) atoms. The number of para-hydroxylation sites is 2. The number of aromatic nitrogens is 1. The van der Waals surface area contributed by atoms with Crippen molar-refractivity contribution >= 4 is 5.96 Å². The first-order valence-corrected chi connectivity index (χ1v) is 8.14. The molecule has 0 aliphatic carbocycles. The van der Waals surface area contributed by atoms with Gasteiger partial charge in [0.1, 0.15) is 0 Å². The summed E-state index contributed by atoms with van der Waals surface area (Å²) in [6, 6.07) is 11.8. The number of rotatable bonds is 6. The Labute approximate surface area is 141 Å². The van der Waals surface area contributed by atoms with Gasteiger partial charge in [-0.25, -0.2) is 4.98 Å². The molecule has 1 aromatic heterocycles. The van der Waals surface area contributed by atoms with Crippen LogP contribution in [0.4, 0.5) is 0 Å². The Bertz CT molecular complexity index is 700. The van der Waals surface area contributed by atoms with E-state index in [-0.39, 0.29) is 0 Å². The average Bonchev–Trinajstić information content (AvgIpc) is 3.02. The first-order valence-electron chi connectivity index (χ1n) is 8.14. The molecule has 0 bridgehead atoms. The highest BCUT2D eigenvalue weighted by atomic mass is 16.5. The molecule has 1 unspecified atom stereocenters. The van der Waals surface area contributed by atoms with Crippen LogP contribution in [-0.2, 0) is 6.54 Å². The quantitative estimate of drug-likeness (QED) is 0.854. The smallest absolute Gasteiger partial charge is 0.219 e. The van der Waals surface area contributed by atoms with Crippen molar-refractivity contribution in [2.75, 3.05) is 13.2 Å². The molecule has 0 saturated carbocycles. The molecule has 0 spiro atoms. The second-order valence-electron chi connectivity index (χ2n) is 5.57. The Balaban J connectivity index is 1.58. The topological polar surface area (TPSA) is 67.8 Å². The van der Waals surface area contributed by atoms with Crippen molar-refractivity contribution in [3.8, 4) is 17.4 Å². The summed E-state index contributed by atoms with van der Waals surface area (Å²) in [5, 5.41) is 6.53. The van der Waals surface area contributed by atoms with Crippen LogP contribution in [0.5, 0.6) is 17.4 Å². The number of ether oxygens (including phenoxy) is 2. The van der Waals surface area contributed by atoms with Crippen LogP contribution in [0.3, 0.4) is 0 Å². The summed E-state index contributed by atoms with van der Waals surface area (Å²) in [5.41, 5.74) is 1.06. The molecule has 0 fully saturated rings. The maximum atomic E-state index is 5.82. The molecule has 126 valence electrons. The highest BCUT2D eigenvalue weighted by Crippen LogP contribution is 2.30. The second kappa shape index (κ2) is 7.68. The summed E-state index contributed by atoms with van der Waals surface area (Å²) >= 11 is 0. The minimum absolute atomic E-state index is 0.395. The van der Waals surface area contributed by atoms with E-state index in [1.165, 1.54) is 0 Å². The monoisotopic (exact) mass is 326 g/mol. The zero-order valence-corrected chi connectivity index (χ0v) is 14.0. The van der Waals surface area contributed by atoms with Gasteiger partial charge in [0.25, 0.3) is 0 Å². The van der Waals surface area contributed by atoms with E-state index in [0.29, 0.717) is 36.6 Å². The van der Waals surface area contributed by atoms with Gasteiger partial charge in [0.15, 0.2) is 17.5 Å². The highest BCUT2D eigenvalue weighted by molar-refractivity contribution is 5.81. The number of aliphatic imine (C=N–C) groups is 1. The second-order valence-corrected chi connectivity index (χ2v) is 5.57. The minimum atomic E-state index is 0.395. The van der Waals surface area contributed by atoms with Crippen LogP contribution in [0.1, 0.15) is 19.4 Å². The van der Waals surface area contributed by atoms with E-state index in [9.17, 15) is 0 Å². The molecule has 2 aromatic rings. The van der Waals surface area contributed by atoms with Gasteiger partial charge in [-0.3, -0.25) is 4.99 Å². The lowest BCUT2D eigenvalue weighted by molar-refractivity contribution is 0.319. The molecule has 1 aromatic carbocycles. The van der Waals surface area contributed by atoms with E-state index in [1.807, 2.05) is 43.3 Å². The van der Waals surface area contributed by atoms with Gasteiger partial charge in [-0.1, -0.05) is 18.2 Å². The summed E-state index contributed by atoms with van der Waals surface area (Å²) in [5.74, 6) is 2.76. The van der Waals surface area contributed by atoms with Gasteiger partial charge in [0.2, 0.25) is 5.88 Å². The molecular weight excluding hydrogens is 304 g/mol. The lowest BCUT2D eigenvalue weighted by Gasteiger charge is -2.11. The Morgan fingerprint density at radius 3 is 2.71 bits per heavy atom. The van der Waals surface area contributed by atoms with Crippen molar-refractivity contribution in [3.05, 3.63) is 48.2 Å². The SMILES string of the molecule is CCOc1ccccc1Oc1ccc(CNC2=NCC(C)N2)cn1. The predicted octanol–water partition coefficient (Wildman–Crippen LogP) is 2.71. The van der Waals surface area contributed by atoms with E-state index in [0.717, 1.165) is 18.1 Å². The minimum Gasteiger partial charge on any atom is -0.490 e. The fraction of sp³-hybridized carbons (Fsp3) is 0.333. The Morgan fingerprint density at radius 2 is 2.04 bits per heavy atom. The molecule has 0 saturated heterocycles. The van der Waals surface area contributed by atoms with Crippen LogP contribution >= 0.6 is 0 Å². The summed E-state index contributed by atoms with van der Waals surface area (Å²) in [4.78, 5) is 8.73. The maximum Gasteiger partial charge on any atom is 0.219 e. The van der Waals surface area contributed by atoms with Crippen LogP contribution in [-0.4, -0.2) is 30.1 Å². The van der Waals surface area contributed by atoms with Gasteiger partial charge in [-0.15, -0.1) is 0 Å². The first kappa shape index (κ1) is 16.1. The van der Waals surface area contributed by atoms with Gasteiger partial charge in [0.05, 0.1) is 13.2 Å². The van der Waals surface area contributed by atoms with E-state index >= 15 is 0 Å². The maximum absolute atomic E-state index is 5.82. The molecule has 2 N–H and O–H groups in total. The first-order chi connectivity index (χ1) is 11.7. The molecule has 1 aliphatic rings. The Kier molecular flexibility index (Phi) is 5.15. The van der Waals surface area contributed by atoms with Crippen LogP contribution in [0.25, 0.3) is 0 Å². The number of nitrogens with one attached hydrogen (secondary N) is 2. The molecule has 2 heterocycles. The molecule has 1 aliphatic heterocycles. The third kappa shape index (κ3) is 4.16. The average molecular weight is 326 g/mol. The highest BCUT2D eigenvalue weighted by Gasteiger charge is 2.11. The zero-order valence-electron chi connectivity index (χ0n) is 14.0. The summed E-state index contributed by atoms with van der Waals surface area (Å²) in [6.45, 7) is 6.12. The summed E-state index contributed by atoms with van der Waals surface area (Å²) < 4.78 is 11.4. The van der Waals surface area contributed by atoms with Gasteiger partial charge in [0, 0.05) is 24.8 Å². The van der Waals surface area contributed by atoms with Crippen LogP contribution in [0.2, 0.25) is 0 Å².